The van der Waals surface area contributed by atoms with Crippen LogP contribution < -0.4 is 5.73 Å². The minimum Gasteiger partial charge on any atom is -0.397 e. The van der Waals surface area contributed by atoms with Gasteiger partial charge in [-0.25, -0.2) is 22.2 Å². The van der Waals surface area contributed by atoms with Gasteiger partial charge in [0, 0.05) is 16.9 Å². The van der Waals surface area contributed by atoms with E-state index in [-0.39, 0.29) is 0 Å². The third kappa shape index (κ3) is 2.20. The van der Waals surface area contributed by atoms with Crippen molar-refractivity contribution in [3.05, 3.63) is 17.5 Å². The van der Waals surface area contributed by atoms with E-state index in [0.29, 0.717) is 6.20 Å². The molecule has 0 aromatic carbocycles. The minimum absolute atomic E-state index is 0.614. The van der Waals surface area contributed by atoms with Gasteiger partial charge in [-0.15, -0.1) is 0 Å². The van der Waals surface area contributed by atoms with Crippen molar-refractivity contribution in [2.24, 2.45) is 0 Å². The number of nitrogen functional groups attached to an aromatic ring is 1. The van der Waals surface area contributed by atoms with Crippen LogP contribution in [0.2, 0.25) is 0 Å². The number of nitriles is 1. The van der Waals surface area contributed by atoms with Crippen LogP contribution in [-0.4, -0.2) is 13.4 Å². The van der Waals surface area contributed by atoms with E-state index in [4.69, 9.17) is 21.7 Å². The molecule has 0 saturated carbocycles. The molecule has 0 aliphatic heterocycles. The first-order chi connectivity index (χ1) is 7.29. The van der Waals surface area contributed by atoms with Gasteiger partial charge in [-0.3, -0.25) is 0 Å². The van der Waals surface area contributed by atoms with Crippen molar-refractivity contribution in [3.8, 4) is 6.07 Å². The number of hydrogen-bond acceptors (Lipinski definition) is 5. The first kappa shape index (κ1) is 12.6. The lowest BCUT2D eigenvalue weighted by Gasteiger charge is -2.08. The summed E-state index contributed by atoms with van der Waals surface area (Å²) in [5, 5.41) is 8.56. The standard InChI is InChI=1S/C7H4ClF2N3O2S/c8-16(14,15)6-4(1-11)13-2-3(5(6)12)7(9)10/h2,7H,(H2,12,13). The second kappa shape index (κ2) is 4.19. The lowest BCUT2D eigenvalue weighted by Crippen LogP contribution is -2.07. The second-order valence-electron chi connectivity index (χ2n) is 2.66. The Morgan fingerprint density at radius 2 is 2.12 bits per heavy atom. The van der Waals surface area contributed by atoms with Crippen molar-refractivity contribution >= 4 is 25.4 Å². The molecule has 5 nitrogen and oxygen atoms in total. The Bertz CT molecular complexity index is 568. The van der Waals surface area contributed by atoms with Gasteiger partial charge in [0.05, 0.1) is 11.3 Å². The molecule has 1 heterocycles. The summed E-state index contributed by atoms with van der Waals surface area (Å²) in [7, 11) is 0.577. The summed E-state index contributed by atoms with van der Waals surface area (Å²) in [6.07, 6.45) is -2.36. The number of halogens is 3. The predicted molar refractivity (Wildman–Crippen MR) is 51.4 cm³/mol. The molecule has 0 aliphatic rings. The highest BCUT2D eigenvalue weighted by atomic mass is 35.7. The molecule has 0 amide bonds. The molecule has 0 atom stereocenters. The number of hydrogen-bond donors (Lipinski definition) is 1. The molecule has 9 heteroatoms. The van der Waals surface area contributed by atoms with Crippen LogP contribution in [-0.2, 0) is 9.05 Å². The zero-order valence-electron chi connectivity index (χ0n) is 7.49. The van der Waals surface area contributed by atoms with Crippen LogP contribution in [0.1, 0.15) is 17.7 Å². The molecule has 86 valence electrons. The fourth-order valence-corrected chi connectivity index (χ4v) is 2.20. The fourth-order valence-electron chi connectivity index (χ4n) is 1.02. The van der Waals surface area contributed by atoms with E-state index in [2.05, 4.69) is 4.98 Å². The van der Waals surface area contributed by atoms with Gasteiger partial charge in [-0.05, 0) is 0 Å². The Hall–Kier alpha value is -1.46. The highest BCUT2D eigenvalue weighted by Crippen LogP contribution is 2.32. The summed E-state index contributed by atoms with van der Waals surface area (Å²) in [6, 6.07) is 1.41. The zero-order chi connectivity index (χ0) is 12.5. The number of rotatable bonds is 2. The molecular weight excluding hydrogens is 264 g/mol. The van der Waals surface area contributed by atoms with Crippen molar-refractivity contribution in [1.82, 2.24) is 4.98 Å². The van der Waals surface area contributed by atoms with Crippen molar-refractivity contribution < 1.29 is 17.2 Å². The van der Waals surface area contributed by atoms with E-state index >= 15 is 0 Å². The van der Waals surface area contributed by atoms with Crippen LogP contribution in [0.15, 0.2) is 11.1 Å². The topological polar surface area (TPSA) is 96.8 Å². The molecule has 0 fully saturated rings. The van der Waals surface area contributed by atoms with Gasteiger partial charge >= 0.3 is 0 Å². The summed E-state index contributed by atoms with van der Waals surface area (Å²) in [6.45, 7) is 0. The first-order valence-electron chi connectivity index (χ1n) is 3.70. The van der Waals surface area contributed by atoms with Gasteiger partial charge < -0.3 is 5.73 Å². The highest BCUT2D eigenvalue weighted by Gasteiger charge is 2.26. The van der Waals surface area contributed by atoms with E-state index in [0.717, 1.165) is 0 Å². The normalized spacial score (nSPS) is 11.4. The lowest BCUT2D eigenvalue weighted by atomic mass is 10.2. The Balaban J connectivity index is 3.69. The largest absolute Gasteiger partial charge is 0.397 e. The fraction of sp³-hybridized carbons (Fsp3) is 0.143. The predicted octanol–water partition coefficient (Wildman–Crippen LogP) is 1.40. The molecule has 0 spiro atoms. The van der Waals surface area contributed by atoms with Crippen LogP contribution in [0, 0.1) is 11.3 Å². The van der Waals surface area contributed by atoms with Gasteiger partial charge in [-0.1, -0.05) is 0 Å². The molecule has 1 rings (SSSR count). The van der Waals surface area contributed by atoms with Crippen molar-refractivity contribution in [3.63, 3.8) is 0 Å². The van der Waals surface area contributed by atoms with Gasteiger partial charge in [0.25, 0.3) is 15.5 Å². The Kier molecular flexibility index (Phi) is 3.30. The second-order valence-corrected chi connectivity index (χ2v) is 5.16. The highest BCUT2D eigenvalue weighted by molar-refractivity contribution is 8.14. The molecule has 0 bridgehead atoms. The molecule has 0 unspecified atom stereocenters. The molecule has 0 aliphatic carbocycles. The summed E-state index contributed by atoms with van der Waals surface area (Å²) in [5.41, 5.74) is 3.07. The lowest BCUT2D eigenvalue weighted by molar-refractivity contribution is 0.151. The van der Waals surface area contributed by atoms with Crippen molar-refractivity contribution in [2.45, 2.75) is 11.3 Å². The number of alkyl halides is 2. The third-order valence-electron chi connectivity index (χ3n) is 1.69. The monoisotopic (exact) mass is 267 g/mol. The SMILES string of the molecule is N#Cc1ncc(C(F)F)c(N)c1S(=O)(=O)Cl. The van der Waals surface area contributed by atoms with Crippen LogP contribution in [0.5, 0.6) is 0 Å². The van der Waals surface area contributed by atoms with E-state index < -0.39 is 37.3 Å². The number of pyridine rings is 1. The van der Waals surface area contributed by atoms with Gasteiger partial charge in [0.15, 0.2) is 5.69 Å². The summed E-state index contributed by atoms with van der Waals surface area (Å²) in [4.78, 5) is 2.38. The van der Waals surface area contributed by atoms with E-state index in [1.807, 2.05) is 0 Å². The number of nitrogens with zero attached hydrogens (tertiary/aromatic N) is 2. The third-order valence-corrected chi connectivity index (χ3v) is 3.05. The van der Waals surface area contributed by atoms with Crippen LogP contribution in [0.4, 0.5) is 14.5 Å². The molecular formula is C7H4ClF2N3O2S. The summed E-state index contributed by atoms with van der Waals surface area (Å²) in [5.74, 6) is 0. The Labute approximate surface area is 93.9 Å². The number of nitrogens with two attached hydrogens (primary N) is 1. The molecule has 0 saturated heterocycles. The Morgan fingerprint density at radius 1 is 1.56 bits per heavy atom. The van der Waals surface area contributed by atoms with Crippen molar-refractivity contribution in [2.75, 3.05) is 5.73 Å². The smallest absolute Gasteiger partial charge is 0.267 e. The van der Waals surface area contributed by atoms with Gasteiger partial charge in [-0.2, -0.15) is 5.26 Å². The summed E-state index contributed by atoms with van der Waals surface area (Å²) < 4.78 is 46.9. The Morgan fingerprint density at radius 3 is 2.50 bits per heavy atom. The van der Waals surface area contributed by atoms with Crippen LogP contribution >= 0.6 is 10.7 Å². The average Bonchev–Trinajstić information content (AvgIpc) is 2.14. The number of anilines is 1. The van der Waals surface area contributed by atoms with Crippen LogP contribution in [0.3, 0.4) is 0 Å². The van der Waals surface area contributed by atoms with Crippen molar-refractivity contribution in [1.29, 1.82) is 5.26 Å². The van der Waals surface area contributed by atoms with Gasteiger partial charge in [0.2, 0.25) is 0 Å². The molecule has 16 heavy (non-hydrogen) atoms. The van der Waals surface area contributed by atoms with E-state index in [1.54, 1.807) is 0 Å². The average molecular weight is 268 g/mol. The maximum Gasteiger partial charge on any atom is 0.267 e. The summed E-state index contributed by atoms with van der Waals surface area (Å²) >= 11 is 0. The molecule has 1 aromatic rings. The molecule has 1 aromatic heterocycles. The maximum absolute atomic E-state index is 12.4. The minimum atomic E-state index is -4.40. The maximum atomic E-state index is 12.4. The van der Waals surface area contributed by atoms with E-state index in [9.17, 15) is 17.2 Å². The zero-order valence-corrected chi connectivity index (χ0v) is 9.06. The quantitative estimate of drug-likeness (QED) is 0.817. The molecule has 0 radical (unpaired) electrons. The van der Waals surface area contributed by atoms with Gasteiger partial charge in [0.1, 0.15) is 11.0 Å². The number of aromatic nitrogens is 1. The van der Waals surface area contributed by atoms with Crippen LogP contribution in [0.25, 0.3) is 0 Å². The molecule has 2 N–H and O–H groups in total. The first-order valence-corrected chi connectivity index (χ1v) is 6.01. The van der Waals surface area contributed by atoms with E-state index in [1.165, 1.54) is 6.07 Å².